The van der Waals surface area contributed by atoms with Crippen molar-refractivity contribution in [2.45, 2.75) is 31.9 Å². The molecular weight excluding hydrogens is 262 g/mol. The third kappa shape index (κ3) is 3.59. The predicted octanol–water partition coefficient (Wildman–Crippen LogP) is 1.51. The highest BCUT2D eigenvalue weighted by atomic mass is 16.5. The van der Waals surface area contributed by atoms with Crippen LogP contribution in [-0.2, 0) is 4.74 Å². The maximum Gasteiger partial charge on any atom is 0.371 e. The van der Waals surface area contributed by atoms with Gasteiger partial charge in [0.15, 0.2) is 0 Å². The van der Waals surface area contributed by atoms with Gasteiger partial charge in [0.2, 0.25) is 5.76 Å². The standard InChI is InChI=1S/C14H21NO5/c1-10(12-2-3-13(20-12)14(17)18)15-6-4-11(5-7-15)19-9-8-16/h2-3,10-11,16H,4-9H2,1H3,(H,17,18). The normalized spacial score (nSPS) is 19.1. The van der Waals surface area contributed by atoms with E-state index in [9.17, 15) is 4.79 Å². The summed E-state index contributed by atoms with van der Waals surface area (Å²) >= 11 is 0. The van der Waals surface area contributed by atoms with E-state index in [4.69, 9.17) is 19.4 Å². The lowest BCUT2D eigenvalue weighted by atomic mass is 10.1. The predicted molar refractivity (Wildman–Crippen MR) is 71.7 cm³/mol. The second-order valence-corrected chi connectivity index (χ2v) is 5.01. The third-order valence-corrected chi connectivity index (χ3v) is 3.72. The highest BCUT2D eigenvalue weighted by molar-refractivity contribution is 5.84. The number of likely N-dealkylation sites (tertiary alicyclic amines) is 1. The highest BCUT2D eigenvalue weighted by Gasteiger charge is 2.26. The number of aromatic carboxylic acids is 1. The van der Waals surface area contributed by atoms with Gasteiger partial charge < -0.3 is 19.4 Å². The summed E-state index contributed by atoms with van der Waals surface area (Å²) in [6, 6.07) is 3.27. The molecule has 1 atom stereocenters. The van der Waals surface area contributed by atoms with Gasteiger partial charge in [-0.1, -0.05) is 0 Å². The molecule has 0 aliphatic carbocycles. The summed E-state index contributed by atoms with van der Waals surface area (Å²) in [6.45, 7) is 4.21. The molecular formula is C14H21NO5. The molecule has 1 aromatic rings. The second-order valence-electron chi connectivity index (χ2n) is 5.01. The topological polar surface area (TPSA) is 83.1 Å². The van der Waals surface area contributed by atoms with Gasteiger partial charge in [-0.05, 0) is 31.9 Å². The van der Waals surface area contributed by atoms with Crippen LogP contribution in [0.15, 0.2) is 16.5 Å². The molecule has 6 nitrogen and oxygen atoms in total. The van der Waals surface area contributed by atoms with Crippen LogP contribution in [0.25, 0.3) is 0 Å². The fourth-order valence-corrected chi connectivity index (χ4v) is 2.52. The summed E-state index contributed by atoms with van der Waals surface area (Å²) < 4.78 is 10.9. The van der Waals surface area contributed by atoms with E-state index in [2.05, 4.69) is 4.90 Å². The Morgan fingerprint density at radius 3 is 2.75 bits per heavy atom. The number of aliphatic hydroxyl groups excluding tert-OH is 1. The maximum absolute atomic E-state index is 10.8. The molecule has 2 heterocycles. The zero-order valence-electron chi connectivity index (χ0n) is 11.6. The number of carboxylic acids is 1. The zero-order chi connectivity index (χ0) is 14.5. The molecule has 20 heavy (non-hydrogen) atoms. The van der Waals surface area contributed by atoms with Crippen molar-refractivity contribution in [1.82, 2.24) is 4.90 Å². The SMILES string of the molecule is CC(c1ccc(C(=O)O)o1)N1CCC(OCCO)CC1. The van der Waals surface area contributed by atoms with Gasteiger partial charge in [0, 0.05) is 13.1 Å². The van der Waals surface area contributed by atoms with Crippen molar-refractivity contribution < 1.29 is 24.2 Å². The number of hydrogen-bond acceptors (Lipinski definition) is 5. The summed E-state index contributed by atoms with van der Waals surface area (Å²) in [5.74, 6) is -0.385. The summed E-state index contributed by atoms with van der Waals surface area (Å²) in [7, 11) is 0. The molecule has 1 aromatic heterocycles. The molecule has 1 aliphatic heterocycles. The molecule has 1 aliphatic rings. The van der Waals surface area contributed by atoms with Gasteiger partial charge in [-0.15, -0.1) is 0 Å². The van der Waals surface area contributed by atoms with E-state index < -0.39 is 5.97 Å². The fourth-order valence-electron chi connectivity index (χ4n) is 2.52. The Bertz CT molecular complexity index is 437. The molecule has 0 spiro atoms. The lowest BCUT2D eigenvalue weighted by molar-refractivity contribution is -0.0157. The van der Waals surface area contributed by atoms with Gasteiger partial charge in [-0.3, -0.25) is 4.90 Å². The van der Waals surface area contributed by atoms with Crippen molar-refractivity contribution in [2.24, 2.45) is 0 Å². The quantitative estimate of drug-likeness (QED) is 0.823. The lowest BCUT2D eigenvalue weighted by Crippen LogP contribution is -2.38. The Hall–Kier alpha value is -1.37. The first-order chi connectivity index (χ1) is 9.61. The molecule has 0 radical (unpaired) electrons. The fraction of sp³-hybridized carbons (Fsp3) is 0.643. The minimum atomic E-state index is -1.04. The number of hydrogen-bond donors (Lipinski definition) is 2. The van der Waals surface area contributed by atoms with Crippen LogP contribution in [0.1, 0.15) is 42.1 Å². The summed E-state index contributed by atoms with van der Waals surface area (Å²) in [4.78, 5) is 13.1. The number of piperidine rings is 1. The Morgan fingerprint density at radius 1 is 1.50 bits per heavy atom. The molecule has 0 aromatic carbocycles. The molecule has 1 fully saturated rings. The smallest absolute Gasteiger partial charge is 0.371 e. The van der Waals surface area contributed by atoms with Gasteiger partial charge in [-0.2, -0.15) is 0 Å². The van der Waals surface area contributed by atoms with Crippen LogP contribution in [0.2, 0.25) is 0 Å². The van der Waals surface area contributed by atoms with Crippen LogP contribution >= 0.6 is 0 Å². The minimum absolute atomic E-state index is 0.0204. The Balaban J connectivity index is 1.87. The number of aliphatic hydroxyl groups is 1. The molecule has 1 unspecified atom stereocenters. The zero-order valence-corrected chi connectivity index (χ0v) is 11.6. The van der Waals surface area contributed by atoms with E-state index in [0.717, 1.165) is 25.9 Å². The van der Waals surface area contributed by atoms with Crippen LogP contribution in [0.3, 0.4) is 0 Å². The maximum atomic E-state index is 10.8. The number of furan rings is 1. The van der Waals surface area contributed by atoms with Crippen LogP contribution in [0.5, 0.6) is 0 Å². The van der Waals surface area contributed by atoms with Crippen LogP contribution < -0.4 is 0 Å². The number of rotatable bonds is 6. The summed E-state index contributed by atoms with van der Waals surface area (Å²) in [5.41, 5.74) is 0. The van der Waals surface area contributed by atoms with Crippen LogP contribution in [0, 0.1) is 0 Å². The first kappa shape index (κ1) is 15.0. The molecule has 0 bridgehead atoms. The second kappa shape index (κ2) is 6.88. The molecule has 2 rings (SSSR count). The lowest BCUT2D eigenvalue weighted by Gasteiger charge is -2.35. The monoisotopic (exact) mass is 283 g/mol. The van der Waals surface area contributed by atoms with Crippen molar-refractivity contribution in [3.05, 3.63) is 23.7 Å². The summed E-state index contributed by atoms with van der Waals surface area (Å²) in [5, 5.41) is 17.6. The first-order valence-corrected chi connectivity index (χ1v) is 6.91. The molecule has 1 saturated heterocycles. The number of carboxylic acid groups (broad SMARTS) is 1. The third-order valence-electron chi connectivity index (χ3n) is 3.72. The van der Waals surface area contributed by atoms with Gasteiger partial charge in [0.1, 0.15) is 5.76 Å². The van der Waals surface area contributed by atoms with E-state index in [1.54, 1.807) is 6.07 Å². The largest absolute Gasteiger partial charge is 0.475 e. The van der Waals surface area contributed by atoms with Gasteiger partial charge in [0.05, 0.1) is 25.4 Å². The van der Waals surface area contributed by atoms with Crippen molar-refractivity contribution in [1.29, 1.82) is 0 Å². The van der Waals surface area contributed by atoms with Crippen LogP contribution in [-0.4, -0.2) is 53.5 Å². The minimum Gasteiger partial charge on any atom is -0.475 e. The first-order valence-electron chi connectivity index (χ1n) is 6.91. The van der Waals surface area contributed by atoms with Crippen molar-refractivity contribution in [2.75, 3.05) is 26.3 Å². The molecule has 0 amide bonds. The summed E-state index contributed by atoms with van der Waals surface area (Å²) in [6.07, 6.45) is 2.03. The van der Waals surface area contributed by atoms with E-state index in [-0.39, 0.29) is 24.5 Å². The van der Waals surface area contributed by atoms with E-state index in [0.29, 0.717) is 12.4 Å². The molecule has 2 N–H and O–H groups in total. The molecule has 0 saturated carbocycles. The van der Waals surface area contributed by atoms with Gasteiger partial charge >= 0.3 is 5.97 Å². The molecule has 6 heteroatoms. The number of ether oxygens (including phenoxy) is 1. The highest BCUT2D eigenvalue weighted by Crippen LogP contribution is 2.26. The van der Waals surface area contributed by atoms with Gasteiger partial charge in [0.25, 0.3) is 0 Å². The van der Waals surface area contributed by atoms with Crippen molar-refractivity contribution >= 4 is 5.97 Å². The Morgan fingerprint density at radius 2 is 2.20 bits per heavy atom. The average molecular weight is 283 g/mol. The van der Waals surface area contributed by atoms with Crippen LogP contribution in [0.4, 0.5) is 0 Å². The van der Waals surface area contributed by atoms with Gasteiger partial charge in [-0.25, -0.2) is 4.79 Å². The number of carbonyl (C=O) groups is 1. The average Bonchev–Trinajstić information content (AvgIpc) is 2.95. The van der Waals surface area contributed by atoms with Crippen molar-refractivity contribution in [3.8, 4) is 0 Å². The van der Waals surface area contributed by atoms with E-state index >= 15 is 0 Å². The van der Waals surface area contributed by atoms with Crippen molar-refractivity contribution in [3.63, 3.8) is 0 Å². The Labute approximate surface area is 117 Å². The van der Waals surface area contributed by atoms with E-state index in [1.807, 2.05) is 6.92 Å². The Kier molecular flexibility index (Phi) is 5.17. The molecule has 112 valence electrons. The number of nitrogens with zero attached hydrogens (tertiary/aromatic N) is 1. The van der Waals surface area contributed by atoms with E-state index in [1.165, 1.54) is 6.07 Å².